The van der Waals surface area contributed by atoms with Crippen LogP contribution in [0.1, 0.15) is 6.92 Å². The van der Waals surface area contributed by atoms with E-state index in [9.17, 15) is 10.1 Å². The number of likely N-dealkylation sites (N-methyl/N-ethyl adjacent to an activating group) is 1. The molecule has 0 fully saturated rings. The van der Waals surface area contributed by atoms with Gasteiger partial charge in [-0.15, -0.1) is 10.2 Å². The van der Waals surface area contributed by atoms with Crippen molar-refractivity contribution in [1.29, 1.82) is 0 Å². The summed E-state index contributed by atoms with van der Waals surface area (Å²) >= 11 is 1.28. The molecule has 9 nitrogen and oxygen atoms in total. The topological polar surface area (TPSA) is 92.8 Å². The number of thiazole rings is 1. The fraction of sp³-hybridized carbons (Fsp3) is 0.238. The summed E-state index contributed by atoms with van der Waals surface area (Å²) in [5.41, 5.74) is 2.57. The molecule has 158 valence electrons. The van der Waals surface area contributed by atoms with Crippen molar-refractivity contribution < 1.29 is 9.49 Å². The van der Waals surface area contributed by atoms with E-state index in [1.54, 1.807) is 6.07 Å². The van der Waals surface area contributed by atoms with Crippen LogP contribution in [0, 0.1) is 10.1 Å². The van der Waals surface area contributed by atoms with E-state index in [0.717, 1.165) is 31.0 Å². The lowest BCUT2D eigenvalue weighted by molar-refractivity contribution is -0.671. The first kappa shape index (κ1) is 20.6. The number of nitrogens with zero attached hydrogens (tertiary/aromatic N) is 7. The minimum atomic E-state index is -0.417. The Morgan fingerprint density at radius 3 is 2.71 bits per heavy atom. The van der Waals surface area contributed by atoms with Crippen molar-refractivity contribution in [3.8, 4) is 0 Å². The molecule has 0 saturated heterocycles. The zero-order valence-corrected chi connectivity index (χ0v) is 18.1. The number of non-ortho nitro benzene ring substituents is 1. The van der Waals surface area contributed by atoms with E-state index in [4.69, 9.17) is 0 Å². The zero-order chi connectivity index (χ0) is 21.8. The highest BCUT2D eigenvalue weighted by Gasteiger charge is 2.10. The van der Waals surface area contributed by atoms with Gasteiger partial charge >= 0.3 is 0 Å². The first-order chi connectivity index (χ1) is 15.0. The molecular formula is C21H22N7O2S+. The second kappa shape index (κ2) is 9.00. The van der Waals surface area contributed by atoms with Crippen LogP contribution in [-0.2, 0) is 13.6 Å². The molecule has 2 aromatic heterocycles. The van der Waals surface area contributed by atoms with Gasteiger partial charge in [0, 0.05) is 24.4 Å². The fourth-order valence-electron chi connectivity index (χ4n) is 3.23. The predicted octanol–water partition coefficient (Wildman–Crippen LogP) is 4.77. The van der Waals surface area contributed by atoms with Crippen molar-refractivity contribution in [2.45, 2.75) is 13.5 Å². The van der Waals surface area contributed by atoms with E-state index in [-0.39, 0.29) is 5.69 Å². The summed E-state index contributed by atoms with van der Waals surface area (Å²) < 4.78 is 4.91. The van der Waals surface area contributed by atoms with Gasteiger partial charge in [0.1, 0.15) is 18.9 Å². The Labute approximate surface area is 183 Å². The van der Waals surface area contributed by atoms with Gasteiger partial charge in [0.2, 0.25) is 11.5 Å². The predicted molar refractivity (Wildman–Crippen MR) is 120 cm³/mol. The average molecular weight is 437 g/mol. The molecule has 4 aromatic rings. The van der Waals surface area contributed by atoms with Crippen LogP contribution in [0.4, 0.5) is 22.2 Å². The van der Waals surface area contributed by atoms with Gasteiger partial charge in [-0.25, -0.2) is 14.1 Å². The molecular weight excluding hydrogens is 414 g/mol. The number of aromatic nitrogens is 3. The van der Waals surface area contributed by atoms with Crippen molar-refractivity contribution in [2.24, 2.45) is 17.3 Å². The van der Waals surface area contributed by atoms with Gasteiger partial charge in [-0.1, -0.05) is 11.3 Å². The molecule has 0 atom stereocenters. The first-order valence-electron chi connectivity index (χ1n) is 9.84. The van der Waals surface area contributed by atoms with Crippen LogP contribution in [-0.4, -0.2) is 27.6 Å². The molecule has 0 saturated carbocycles. The number of benzene rings is 2. The van der Waals surface area contributed by atoms with Crippen molar-refractivity contribution in [3.05, 3.63) is 71.3 Å². The molecule has 0 aliphatic rings. The lowest BCUT2D eigenvalue weighted by atomic mass is 10.2. The van der Waals surface area contributed by atoms with Crippen molar-refractivity contribution >= 4 is 43.7 Å². The molecule has 0 radical (unpaired) electrons. The molecule has 2 heterocycles. The van der Waals surface area contributed by atoms with Gasteiger partial charge in [0.15, 0.2) is 0 Å². The van der Waals surface area contributed by atoms with Crippen LogP contribution < -0.4 is 9.47 Å². The zero-order valence-electron chi connectivity index (χ0n) is 17.3. The van der Waals surface area contributed by atoms with Crippen LogP contribution in [0.15, 0.2) is 71.4 Å². The lowest BCUT2D eigenvalue weighted by Crippen LogP contribution is -2.28. The summed E-state index contributed by atoms with van der Waals surface area (Å²) in [6.45, 7) is 4.86. The van der Waals surface area contributed by atoms with E-state index < -0.39 is 4.92 Å². The third-order valence-corrected chi connectivity index (χ3v) is 5.77. The van der Waals surface area contributed by atoms with Gasteiger partial charge in [-0.05, 0) is 37.3 Å². The maximum absolute atomic E-state index is 10.9. The minimum Gasteiger partial charge on any atom is -0.368 e. The Morgan fingerprint density at radius 1 is 1.23 bits per heavy atom. The third kappa shape index (κ3) is 4.92. The molecule has 0 amide bonds. The maximum Gasteiger partial charge on any atom is 0.270 e. The lowest BCUT2D eigenvalue weighted by Gasteiger charge is -2.22. The molecule has 0 aliphatic carbocycles. The van der Waals surface area contributed by atoms with Gasteiger partial charge in [0.25, 0.3) is 5.69 Å². The minimum absolute atomic E-state index is 0.0429. The van der Waals surface area contributed by atoms with Gasteiger partial charge in [0.05, 0.1) is 34.4 Å². The number of nitro benzene ring substituents is 1. The number of hydrogen-bond donors (Lipinski definition) is 0. The van der Waals surface area contributed by atoms with Crippen LogP contribution in [0.25, 0.3) is 10.2 Å². The standard InChI is InChI=1S/C21H22N7O2S/c1-3-27(13-12-26-11-10-25(2)15-26)17-6-4-16(5-7-17)23-24-21-22-19-9-8-18(28(29)30)14-20(19)31-21/h4-11,14-15H,3,12-13H2,1-2H3/q+1. The van der Waals surface area contributed by atoms with E-state index in [2.05, 4.69) is 44.1 Å². The van der Waals surface area contributed by atoms with E-state index in [0.29, 0.717) is 15.3 Å². The molecule has 0 bridgehead atoms. The summed E-state index contributed by atoms with van der Waals surface area (Å²) in [6.07, 6.45) is 6.16. The summed E-state index contributed by atoms with van der Waals surface area (Å²) in [7, 11) is 2.01. The Balaban J connectivity index is 1.43. The number of rotatable bonds is 8. The summed E-state index contributed by atoms with van der Waals surface area (Å²) in [5.74, 6) is 0. The monoisotopic (exact) mass is 436 g/mol. The highest BCUT2D eigenvalue weighted by molar-refractivity contribution is 7.21. The SMILES string of the molecule is CCN(CCn1cc[n+](C)c1)c1ccc(N=Nc2nc3ccc([N+](=O)[O-])cc3s2)cc1. The smallest absolute Gasteiger partial charge is 0.270 e. The average Bonchev–Trinajstić information content (AvgIpc) is 3.38. The van der Waals surface area contributed by atoms with E-state index in [1.165, 1.54) is 23.5 Å². The van der Waals surface area contributed by atoms with Crippen LogP contribution >= 0.6 is 11.3 Å². The number of fused-ring (bicyclic) bond motifs is 1. The van der Waals surface area contributed by atoms with E-state index in [1.807, 2.05) is 42.1 Å². The molecule has 2 aromatic carbocycles. The fourth-order valence-corrected chi connectivity index (χ4v) is 4.05. The Morgan fingerprint density at radius 2 is 2.03 bits per heavy atom. The molecule has 31 heavy (non-hydrogen) atoms. The first-order valence-corrected chi connectivity index (χ1v) is 10.7. The Bertz CT molecular complexity index is 1230. The number of azo groups is 1. The summed E-state index contributed by atoms with van der Waals surface area (Å²) in [4.78, 5) is 17.2. The normalized spacial score (nSPS) is 11.4. The molecule has 10 heteroatoms. The molecule has 0 unspecified atom stereocenters. The van der Waals surface area contributed by atoms with Crippen molar-refractivity contribution in [1.82, 2.24) is 9.55 Å². The molecule has 0 aliphatic heterocycles. The summed E-state index contributed by atoms with van der Waals surface area (Å²) in [5, 5.41) is 19.9. The van der Waals surface area contributed by atoms with Crippen molar-refractivity contribution in [3.63, 3.8) is 0 Å². The van der Waals surface area contributed by atoms with Crippen LogP contribution in [0.5, 0.6) is 0 Å². The molecule has 0 spiro atoms. The largest absolute Gasteiger partial charge is 0.368 e. The van der Waals surface area contributed by atoms with Crippen LogP contribution in [0.2, 0.25) is 0 Å². The maximum atomic E-state index is 10.9. The second-order valence-electron chi connectivity index (χ2n) is 7.02. The second-order valence-corrected chi connectivity index (χ2v) is 8.03. The quantitative estimate of drug-likeness (QED) is 0.172. The number of nitro groups is 1. The Kier molecular flexibility index (Phi) is 5.99. The number of hydrogen-bond acceptors (Lipinski definition) is 7. The highest BCUT2D eigenvalue weighted by atomic mass is 32.1. The van der Waals surface area contributed by atoms with Crippen molar-refractivity contribution in [2.75, 3.05) is 18.0 Å². The number of aryl methyl sites for hydroxylation is 1. The van der Waals surface area contributed by atoms with Gasteiger partial charge in [-0.2, -0.15) is 0 Å². The van der Waals surface area contributed by atoms with Gasteiger partial charge in [-0.3, -0.25) is 10.1 Å². The van der Waals surface area contributed by atoms with E-state index >= 15 is 0 Å². The van der Waals surface area contributed by atoms with Crippen LogP contribution in [0.3, 0.4) is 0 Å². The molecule has 0 N–H and O–H groups in total. The highest BCUT2D eigenvalue weighted by Crippen LogP contribution is 2.32. The van der Waals surface area contributed by atoms with Gasteiger partial charge < -0.3 is 4.90 Å². The Hall–Kier alpha value is -3.66. The number of imidazole rings is 1. The molecule has 4 rings (SSSR count). The summed E-state index contributed by atoms with van der Waals surface area (Å²) in [6, 6.07) is 12.5. The number of anilines is 1. The third-order valence-electron chi connectivity index (χ3n) is 4.87.